The highest BCUT2D eigenvalue weighted by Crippen LogP contribution is 2.18. The molecule has 0 saturated heterocycles. The van der Waals surface area contributed by atoms with Gasteiger partial charge in [-0.1, -0.05) is 0 Å². The number of carbonyl (C=O) groups is 1. The topological polar surface area (TPSA) is 26.3 Å². The quantitative estimate of drug-likeness (QED) is 0.362. The number of esters is 1. The van der Waals surface area contributed by atoms with Crippen LogP contribution >= 0.6 is 22.6 Å². The van der Waals surface area contributed by atoms with E-state index >= 15 is 0 Å². The average Bonchev–Trinajstić information content (AvgIpc) is 2.22. The van der Waals surface area contributed by atoms with E-state index in [-0.39, 0.29) is 9.13 Å². The first-order valence-electron chi connectivity index (χ1n) is 3.95. The van der Waals surface area contributed by atoms with E-state index < -0.39 is 17.6 Å². The molecule has 0 aromatic heterocycles. The summed E-state index contributed by atoms with van der Waals surface area (Å²) in [4.78, 5) is 10.7. The van der Waals surface area contributed by atoms with Crippen LogP contribution in [0, 0.1) is 15.2 Å². The van der Waals surface area contributed by atoms with Gasteiger partial charge in [-0.2, -0.15) is 0 Å². The lowest BCUT2D eigenvalue weighted by atomic mass is 10.2. The zero-order valence-electron chi connectivity index (χ0n) is 7.76. The summed E-state index contributed by atoms with van der Waals surface area (Å²) in [6.45, 7) is 0. The lowest BCUT2D eigenvalue weighted by Crippen LogP contribution is -1.94. The zero-order valence-corrected chi connectivity index (χ0v) is 9.92. The molecule has 1 aromatic rings. The normalized spacial score (nSPS) is 10.7. The highest BCUT2D eigenvalue weighted by atomic mass is 127. The van der Waals surface area contributed by atoms with Crippen molar-refractivity contribution in [2.45, 2.75) is 0 Å². The molecule has 15 heavy (non-hydrogen) atoms. The van der Waals surface area contributed by atoms with Gasteiger partial charge in [-0.15, -0.1) is 0 Å². The Balaban J connectivity index is 2.97. The van der Waals surface area contributed by atoms with Gasteiger partial charge in [-0.05, 0) is 46.4 Å². The molecule has 0 aliphatic rings. The first-order chi connectivity index (χ1) is 7.04. The van der Waals surface area contributed by atoms with Gasteiger partial charge in [-0.25, -0.2) is 13.6 Å². The minimum absolute atomic E-state index is 0.0668. The summed E-state index contributed by atoms with van der Waals surface area (Å²) in [7, 11) is 1.22. The van der Waals surface area contributed by atoms with Crippen LogP contribution in [0.2, 0.25) is 0 Å². The number of hydrogen-bond acceptors (Lipinski definition) is 2. The summed E-state index contributed by atoms with van der Waals surface area (Å²) < 4.78 is 30.4. The highest BCUT2D eigenvalue weighted by molar-refractivity contribution is 14.1. The van der Waals surface area contributed by atoms with E-state index in [1.54, 1.807) is 22.6 Å². The van der Waals surface area contributed by atoms with E-state index in [1.165, 1.54) is 13.2 Å². The van der Waals surface area contributed by atoms with Gasteiger partial charge >= 0.3 is 5.97 Å². The second kappa shape index (κ2) is 5.20. The van der Waals surface area contributed by atoms with Crippen LogP contribution in [0.5, 0.6) is 0 Å². The highest BCUT2D eigenvalue weighted by Gasteiger charge is 2.06. The Labute approximate surface area is 99.1 Å². The summed E-state index contributed by atoms with van der Waals surface area (Å²) in [5.74, 6) is -1.88. The smallest absolute Gasteiger partial charge is 0.330 e. The predicted octanol–water partition coefficient (Wildman–Crippen LogP) is 2.76. The first-order valence-corrected chi connectivity index (χ1v) is 5.03. The Hall–Kier alpha value is -0.980. The minimum atomic E-state index is -0.653. The van der Waals surface area contributed by atoms with Crippen LogP contribution in [0.1, 0.15) is 5.56 Å². The largest absolute Gasteiger partial charge is 0.466 e. The number of benzene rings is 1. The first kappa shape index (κ1) is 12.1. The summed E-state index contributed by atoms with van der Waals surface area (Å²) in [6.07, 6.45) is 2.38. The van der Waals surface area contributed by atoms with Crippen LogP contribution in [0.3, 0.4) is 0 Å². The molecule has 0 spiro atoms. The number of methoxy groups -OCH3 is 1. The molecule has 0 radical (unpaired) electrons. The van der Waals surface area contributed by atoms with Crippen molar-refractivity contribution in [3.63, 3.8) is 0 Å². The molecule has 0 unspecified atom stereocenters. The van der Waals surface area contributed by atoms with Crippen LogP contribution in [0.25, 0.3) is 6.08 Å². The van der Waals surface area contributed by atoms with Crippen molar-refractivity contribution in [2.24, 2.45) is 0 Å². The van der Waals surface area contributed by atoms with Gasteiger partial charge in [0.15, 0.2) is 0 Å². The van der Waals surface area contributed by atoms with E-state index in [4.69, 9.17) is 0 Å². The van der Waals surface area contributed by atoms with Gasteiger partial charge < -0.3 is 4.74 Å². The average molecular weight is 324 g/mol. The Morgan fingerprint density at radius 3 is 2.40 bits per heavy atom. The maximum absolute atomic E-state index is 13.0. The maximum Gasteiger partial charge on any atom is 0.330 e. The van der Waals surface area contributed by atoms with E-state index in [1.807, 2.05) is 0 Å². The van der Waals surface area contributed by atoms with Crippen molar-refractivity contribution in [3.8, 4) is 0 Å². The molecule has 0 bridgehead atoms. The van der Waals surface area contributed by atoms with Crippen LogP contribution in [-0.4, -0.2) is 13.1 Å². The molecule has 0 aliphatic carbocycles. The molecule has 1 aromatic carbocycles. The molecule has 0 heterocycles. The standard InChI is InChI=1S/C10H7F2IO2/c1-15-9(14)3-2-6-4-7(11)10(13)8(12)5-6/h2-5H,1H3/b3-2+. The zero-order chi connectivity index (χ0) is 11.4. The van der Waals surface area contributed by atoms with Crippen molar-refractivity contribution in [1.82, 2.24) is 0 Å². The molecular formula is C10H7F2IO2. The maximum atomic E-state index is 13.0. The second-order valence-electron chi connectivity index (χ2n) is 2.66. The Kier molecular flexibility index (Phi) is 4.19. The fraction of sp³-hybridized carbons (Fsp3) is 0.100. The summed E-state index contributed by atoms with van der Waals surface area (Å²) in [5.41, 5.74) is 0.274. The van der Waals surface area contributed by atoms with E-state index in [9.17, 15) is 13.6 Å². The van der Waals surface area contributed by atoms with Gasteiger partial charge in [-0.3, -0.25) is 0 Å². The molecule has 5 heteroatoms. The van der Waals surface area contributed by atoms with Crippen LogP contribution in [0.4, 0.5) is 8.78 Å². The van der Waals surface area contributed by atoms with Crippen LogP contribution in [0.15, 0.2) is 18.2 Å². The third-order valence-electron chi connectivity index (χ3n) is 1.62. The lowest BCUT2D eigenvalue weighted by molar-refractivity contribution is -0.134. The van der Waals surface area contributed by atoms with Crippen molar-refractivity contribution in [1.29, 1.82) is 0 Å². The fourth-order valence-corrected chi connectivity index (χ4v) is 1.22. The molecule has 0 aliphatic heterocycles. The molecule has 0 fully saturated rings. The molecule has 80 valence electrons. The van der Waals surface area contributed by atoms with Crippen LogP contribution < -0.4 is 0 Å². The number of carbonyl (C=O) groups excluding carboxylic acids is 1. The van der Waals surface area contributed by atoms with Crippen LogP contribution in [-0.2, 0) is 9.53 Å². The Morgan fingerprint density at radius 2 is 1.93 bits per heavy atom. The van der Waals surface area contributed by atoms with E-state index in [0.717, 1.165) is 18.2 Å². The minimum Gasteiger partial charge on any atom is -0.466 e. The van der Waals surface area contributed by atoms with Crippen molar-refractivity contribution >= 4 is 34.6 Å². The monoisotopic (exact) mass is 324 g/mol. The van der Waals surface area contributed by atoms with E-state index in [0.29, 0.717) is 0 Å². The third-order valence-corrected chi connectivity index (χ3v) is 2.65. The number of rotatable bonds is 2. The molecule has 0 atom stereocenters. The molecule has 2 nitrogen and oxygen atoms in total. The Morgan fingerprint density at radius 1 is 1.40 bits per heavy atom. The summed E-state index contributed by atoms with van der Waals surface area (Å²) >= 11 is 1.57. The molecule has 0 saturated carbocycles. The van der Waals surface area contributed by atoms with Gasteiger partial charge in [0.2, 0.25) is 0 Å². The third kappa shape index (κ3) is 3.26. The van der Waals surface area contributed by atoms with Gasteiger partial charge in [0.25, 0.3) is 0 Å². The van der Waals surface area contributed by atoms with Gasteiger partial charge in [0.05, 0.1) is 10.7 Å². The van der Waals surface area contributed by atoms with Gasteiger partial charge in [0, 0.05) is 6.08 Å². The molecule has 0 amide bonds. The fourth-order valence-electron chi connectivity index (χ4n) is 0.904. The SMILES string of the molecule is COC(=O)/C=C/c1cc(F)c(I)c(F)c1. The molecule has 1 rings (SSSR count). The number of ether oxygens (including phenoxy) is 1. The number of hydrogen-bond donors (Lipinski definition) is 0. The van der Waals surface area contributed by atoms with Crippen molar-refractivity contribution in [3.05, 3.63) is 39.0 Å². The van der Waals surface area contributed by atoms with Crippen molar-refractivity contribution in [2.75, 3.05) is 7.11 Å². The number of halogens is 3. The van der Waals surface area contributed by atoms with E-state index in [2.05, 4.69) is 4.74 Å². The predicted molar refractivity (Wildman–Crippen MR) is 60.1 cm³/mol. The Bertz CT molecular complexity index is 393. The lowest BCUT2D eigenvalue weighted by Gasteiger charge is -1.99. The van der Waals surface area contributed by atoms with Gasteiger partial charge in [0.1, 0.15) is 11.6 Å². The summed E-state index contributed by atoms with van der Waals surface area (Å²) in [5, 5.41) is 0. The van der Waals surface area contributed by atoms with Crippen molar-refractivity contribution < 1.29 is 18.3 Å². The second-order valence-corrected chi connectivity index (χ2v) is 3.73. The summed E-state index contributed by atoms with van der Waals surface area (Å²) in [6, 6.07) is 2.29. The molecule has 0 N–H and O–H groups in total. The molecular weight excluding hydrogens is 317 g/mol.